The highest BCUT2D eigenvalue weighted by molar-refractivity contribution is 5.29. The molecule has 4 heteroatoms. The molecule has 4 nitrogen and oxygen atoms in total. The second-order valence-corrected chi connectivity index (χ2v) is 5.08. The Hall–Kier alpha value is -1.68. The zero-order valence-electron chi connectivity index (χ0n) is 10.5. The normalized spacial score (nSPS) is 11.7. The maximum absolute atomic E-state index is 4.38. The third-order valence-corrected chi connectivity index (χ3v) is 2.40. The first-order valence-electron chi connectivity index (χ1n) is 5.73. The number of imidazole rings is 1. The maximum Gasteiger partial charge on any atom is 0.0995 e. The third kappa shape index (κ3) is 3.39. The van der Waals surface area contributed by atoms with Crippen LogP contribution in [0.5, 0.6) is 0 Å². The van der Waals surface area contributed by atoms with E-state index in [1.807, 2.05) is 29.2 Å². The molecule has 0 amide bonds. The Kier molecular flexibility index (Phi) is 3.24. The molecule has 2 aromatic rings. The van der Waals surface area contributed by atoms with Crippen molar-refractivity contribution in [2.75, 3.05) is 0 Å². The van der Waals surface area contributed by atoms with Crippen LogP contribution in [0.2, 0.25) is 0 Å². The van der Waals surface area contributed by atoms with Gasteiger partial charge in [0, 0.05) is 36.4 Å². The van der Waals surface area contributed by atoms with Crippen molar-refractivity contribution in [3.63, 3.8) is 0 Å². The van der Waals surface area contributed by atoms with Gasteiger partial charge >= 0.3 is 0 Å². The van der Waals surface area contributed by atoms with Crippen LogP contribution in [0.1, 0.15) is 26.5 Å². The lowest BCUT2D eigenvalue weighted by molar-refractivity contribution is 0.421. The molecule has 17 heavy (non-hydrogen) atoms. The van der Waals surface area contributed by atoms with Gasteiger partial charge in [0.25, 0.3) is 0 Å². The van der Waals surface area contributed by atoms with Gasteiger partial charge in [-0.2, -0.15) is 0 Å². The monoisotopic (exact) mass is 230 g/mol. The molecule has 0 saturated carbocycles. The van der Waals surface area contributed by atoms with E-state index in [9.17, 15) is 0 Å². The van der Waals surface area contributed by atoms with Crippen LogP contribution in [0.25, 0.3) is 5.69 Å². The zero-order valence-corrected chi connectivity index (χ0v) is 10.5. The molecule has 2 rings (SSSR count). The van der Waals surface area contributed by atoms with Gasteiger partial charge in [0.2, 0.25) is 0 Å². The van der Waals surface area contributed by atoms with Crippen molar-refractivity contribution in [2.45, 2.75) is 32.9 Å². The summed E-state index contributed by atoms with van der Waals surface area (Å²) in [6.07, 6.45) is 7.42. The highest BCUT2D eigenvalue weighted by atomic mass is 15.1. The van der Waals surface area contributed by atoms with E-state index in [0.717, 1.165) is 17.9 Å². The summed E-state index contributed by atoms with van der Waals surface area (Å²) in [5.41, 5.74) is 2.23. The predicted molar refractivity (Wildman–Crippen MR) is 68.0 cm³/mol. The molecule has 0 aromatic carbocycles. The summed E-state index contributed by atoms with van der Waals surface area (Å²) in [6, 6.07) is 3.92. The minimum absolute atomic E-state index is 0.112. The molecule has 1 N–H and O–H groups in total. The van der Waals surface area contributed by atoms with Crippen molar-refractivity contribution in [2.24, 2.45) is 0 Å². The van der Waals surface area contributed by atoms with E-state index in [4.69, 9.17) is 0 Å². The van der Waals surface area contributed by atoms with Crippen LogP contribution >= 0.6 is 0 Å². The van der Waals surface area contributed by atoms with E-state index in [2.05, 4.69) is 36.1 Å². The van der Waals surface area contributed by atoms with Gasteiger partial charge in [-0.15, -0.1) is 0 Å². The number of pyridine rings is 1. The molecule has 90 valence electrons. The van der Waals surface area contributed by atoms with E-state index < -0.39 is 0 Å². The molecule has 0 unspecified atom stereocenters. The number of hydrogen-bond acceptors (Lipinski definition) is 3. The number of nitrogens with zero attached hydrogens (tertiary/aromatic N) is 3. The molecule has 0 bridgehead atoms. The minimum Gasteiger partial charge on any atom is -0.306 e. The SMILES string of the molecule is CC(C)(C)NCc1cn(-c2ccncc2)cn1. The number of aromatic nitrogens is 3. The van der Waals surface area contributed by atoms with Gasteiger partial charge in [0.15, 0.2) is 0 Å². The fourth-order valence-corrected chi connectivity index (χ4v) is 1.47. The van der Waals surface area contributed by atoms with Gasteiger partial charge in [-0.25, -0.2) is 4.98 Å². The van der Waals surface area contributed by atoms with Crippen molar-refractivity contribution in [3.05, 3.63) is 42.7 Å². The lowest BCUT2D eigenvalue weighted by Crippen LogP contribution is -2.35. The van der Waals surface area contributed by atoms with Crippen LogP contribution in [-0.4, -0.2) is 20.1 Å². The lowest BCUT2D eigenvalue weighted by Gasteiger charge is -2.19. The fourth-order valence-electron chi connectivity index (χ4n) is 1.47. The molecule has 0 aliphatic carbocycles. The summed E-state index contributed by atoms with van der Waals surface area (Å²) in [7, 11) is 0. The highest BCUT2D eigenvalue weighted by Gasteiger charge is 2.09. The average molecular weight is 230 g/mol. The van der Waals surface area contributed by atoms with Gasteiger partial charge in [0.1, 0.15) is 0 Å². The molecule has 0 fully saturated rings. The van der Waals surface area contributed by atoms with Gasteiger partial charge in [0.05, 0.1) is 12.0 Å². The molecular formula is C13H18N4. The molecule has 0 atom stereocenters. The van der Waals surface area contributed by atoms with Crippen LogP contribution in [0, 0.1) is 0 Å². The van der Waals surface area contributed by atoms with Crippen molar-refractivity contribution in [3.8, 4) is 5.69 Å². The molecule has 0 aliphatic rings. The van der Waals surface area contributed by atoms with E-state index >= 15 is 0 Å². The van der Waals surface area contributed by atoms with Crippen molar-refractivity contribution >= 4 is 0 Å². The largest absolute Gasteiger partial charge is 0.306 e. The Morgan fingerprint density at radius 3 is 2.59 bits per heavy atom. The first-order valence-corrected chi connectivity index (χ1v) is 5.73. The highest BCUT2D eigenvalue weighted by Crippen LogP contribution is 2.08. The Morgan fingerprint density at radius 2 is 1.94 bits per heavy atom. The number of hydrogen-bond donors (Lipinski definition) is 1. The second kappa shape index (κ2) is 4.67. The van der Waals surface area contributed by atoms with Crippen molar-refractivity contribution < 1.29 is 0 Å². The molecule has 2 heterocycles. The van der Waals surface area contributed by atoms with Crippen LogP contribution in [0.4, 0.5) is 0 Å². The summed E-state index contributed by atoms with van der Waals surface area (Å²) in [5, 5.41) is 3.41. The summed E-state index contributed by atoms with van der Waals surface area (Å²) in [4.78, 5) is 8.38. The molecule has 0 radical (unpaired) electrons. The first-order chi connectivity index (χ1) is 8.04. The van der Waals surface area contributed by atoms with Gasteiger partial charge in [-0.05, 0) is 32.9 Å². The standard InChI is InChI=1S/C13H18N4/c1-13(2,3)16-8-11-9-17(10-15-11)12-4-6-14-7-5-12/h4-7,9-10,16H,8H2,1-3H3. The smallest absolute Gasteiger partial charge is 0.0995 e. The molecule has 2 aromatic heterocycles. The Labute approximate surface area is 102 Å². The summed E-state index contributed by atoms with van der Waals surface area (Å²) >= 11 is 0. The molecule has 0 spiro atoms. The quantitative estimate of drug-likeness (QED) is 0.878. The van der Waals surface area contributed by atoms with E-state index in [0.29, 0.717) is 0 Å². The van der Waals surface area contributed by atoms with Crippen LogP contribution in [-0.2, 0) is 6.54 Å². The summed E-state index contributed by atoms with van der Waals surface area (Å²) < 4.78 is 2.00. The average Bonchev–Trinajstić information content (AvgIpc) is 2.75. The van der Waals surface area contributed by atoms with Crippen LogP contribution in [0.15, 0.2) is 37.1 Å². The lowest BCUT2D eigenvalue weighted by atomic mass is 10.1. The Bertz CT molecular complexity index is 468. The summed E-state index contributed by atoms with van der Waals surface area (Å²) in [6.45, 7) is 7.22. The topological polar surface area (TPSA) is 42.7 Å². The number of nitrogens with one attached hydrogen (secondary N) is 1. The van der Waals surface area contributed by atoms with E-state index in [1.54, 1.807) is 12.4 Å². The molecule has 0 aliphatic heterocycles. The third-order valence-electron chi connectivity index (χ3n) is 2.40. The first kappa shape index (κ1) is 11.8. The maximum atomic E-state index is 4.38. The Morgan fingerprint density at radius 1 is 1.24 bits per heavy atom. The zero-order chi connectivity index (χ0) is 12.3. The minimum atomic E-state index is 0.112. The van der Waals surface area contributed by atoms with Gasteiger partial charge in [-0.1, -0.05) is 0 Å². The predicted octanol–water partition coefficient (Wildman–Crippen LogP) is 2.16. The molecular weight excluding hydrogens is 212 g/mol. The van der Waals surface area contributed by atoms with Crippen LogP contribution in [0.3, 0.4) is 0 Å². The van der Waals surface area contributed by atoms with Crippen molar-refractivity contribution in [1.82, 2.24) is 19.9 Å². The number of rotatable bonds is 3. The van der Waals surface area contributed by atoms with E-state index in [1.165, 1.54) is 0 Å². The Balaban J connectivity index is 2.07. The fraction of sp³-hybridized carbons (Fsp3) is 0.385. The summed E-state index contributed by atoms with van der Waals surface area (Å²) in [5.74, 6) is 0. The molecule has 0 saturated heterocycles. The van der Waals surface area contributed by atoms with Gasteiger partial charge in [-0.3, -0.25) is 4.98 Å². The van der Waals surface area contributed by atoms with Gasteiger partial charge < -0.3 is 9.88 Å². The van der Waals surface area contributed by atoms with Crippen molar-refractivity contribution in [1.29, 1.82) is 0 Å². The second-order valence-electron chi connectivity index (χ2n) is 5.08. The van der Waals surface area contributed by atoms with Crippen LogP contribution < -0.4 is 5.32 Å². The van der Waals surface area contributed by atoms with E-state index in [-0.39, 0.29) is 5.54 Å².